The van der Waals surface area contributed by atoms with Gasteiger partial charge < -0.3 is 5.73 Å². The minimum atomic E-state index is -1.54. The second kappa shape index (κ2) is 9.84. The number of halogens is 3. The number of nitrogens with zero attached hydrogens (tertiary/aromatic N) is 1. The molecule has 3 rings (SSSR count). The first-order valence-corrected chi connectivity index (χ1v) is 11.3. The van der Waals surface area contributed by atoms with E-state index in [1.165, 1.54) is 30.5 Å². The van der Waals surface area contributed by atoms with Gasteiger partial charge in [-0.15, -0.1) is 0 Å². The Balaban J connectivity index is 2.12. The monoisotopic (exact) mass is 475 g/mol. The Morgan fingerprint density at radius 2 is 1.76 bits per heavy atom. The summed E-state index contributed by atoms with van der Waals surface area (Å²) >= 11 is 0. The highest BCUT2D eigenvalue weighted by molar-refractivity contribution is 7.84. The summed E-state index contributed by atoms with van der Waals surface area (Å²) in [6.07, 6.45) is 1.60. The summed E-state index contributed by atoms with van der Waals surface area (Å²) in [6.45, 7) is 5.36. The van der Waals surface area contributed by atoms with Crippen molar-refractivity contribution >= 4 is 16.9 Å². The summed E-state index contributed by atoms with van der Waals surface area (Å²) in [5, 5.41) is 0. The molecule has 0 bridgehead atoms. The first-order chi connectivity index (χ1) is 15.5. The lowest BCUT2D eigenvalue weighted by atomic mass is 9.95. The molecule has 1 heterocycles. The Hall–Kier alpha value is -3.04. The van der Waals surface area contributed by atoms with Crippen LogP contribution in [-0.4, -0.2) is 19.8 Å². The summed E-state index contributed by atoms with van der Waals surface area (Å²) < 4.78 is 57.0. The molecular weight excluding hydrogens is 451 g/mol. The van der Waals surface area contributed by atoms with Gasteiger partial charge in [-0.05, 0) is 68.7 Å². The predicted octanol–water partition coefficient (Wildman–Crippen LogP) is 4.60. The Bertz CT molecular complexity index is 1190. The number of aromatic nitrogens is 1. The van der Waals surface area contributed by atoms with Gasteiger partial charge in [0, 0.05) is 17.8 Å². The normalized spacial score (nSPS) is 13.5. The number of carbonyl (C=O) groups excluding carboxylic acids is 1. The molecule has 0 saturated carbocycles. The summed E-state index contributed by atoms with van der Waals surface area (Å²) in [4.78, 5) is 16.1. The second-order valence-electron chi connectivity index (χ2n) is 8.53. The third-order valence-corrected chi connectivity index (χ3v) is 6.49. The summed E-state index contributed by atoms with van der Waals surface area (Å²) in [5.41, 5.74) is 6.75. The minimum Gasteiger partial charge on any atom is -0.366 e. The number of amides is 1. The van der Waals surface area contributed by atoms with Crippen molar-refractivity contribution < 1.29 is 22.2 Å². The first-order valence-electron chi connectivity index (χ1n) is 10.1. The molecule has 2 atom stereocenters. The molecule has 0 saturated heterocycles. The zero-order valence-electron chi connectivity index (χ0n) is 18.4. The topological polar surface area (TPSA) is 85.1 Å². The van der Waals surface area contributed by atoms with Crippen LogP contribution in [0.5, 0.6) is 0 Å². The van der Waals surface area contributed by atoms with E-state index in [9.17, 15) is 22.2 Å². The molecule has 0 fully saturated rings. The molecule has 1 aromatic heterocycles. The molecule has 0 aliphatic carbocycles. The molecule has 0 radical (unpaired) electrons. The molecule has 0 spiro atoms. The molecule has 33 heavy (non-hydrogen) atoms. The van der Waals surface area contributed by atoms with Crippen molar-refractivity contribution in [1.29, 1.82) is 0 Å². The summed E-state index contributed by atoms with van der Waals surface area (Å²) in [7, 11) is -1.54. The van der Waals surface area contributed by atoms with E-state index in [1.54, 1.807) is 32.9 Å². The van der Waals surface area contributed by atoms with Crippen LogP contribution >= 0.6 is 0 Å². The van der Waals surface area contributed by atoms with Crippen molar-refractivity contribution in [2.75, 3.05) is 0 Å². The quantitative estimate of drug-likeness (QED) is 0.524. The maximum Gasteiger partial charge on any atom is 0.251 e. The number of hydrogen-bond donors (Lipinski definition) is 2. The lowest BCUT2D eigenvalue weighted by Crippen LogP contribution is -2.37. The highest BCUT2D eigenvalue weighted by Crippen LogP contribution is 2.31. The van der Waals surface area contributed by atoms with Gasteiger partial charge in [-0.25, -0.2) is 22.1 Å². The Morgan fingerprint density at radius 1 is 1.09 bits per heavy atom. The fourth-order valence-corrected chi connectivity index (χ4v) is 4.09. The number of rotatable bonds is 7. The van der Waals surface area contributed by atoms with Crippen LogP contribution in [0.2, 0.25) is 0 Å². The Kier molecular flexibility index (Phi) is 7.34. The van der Waals surface area contributed by atoms with Gasteiger partial charge in [0.2, 0.25) is 0 Å². The molecule has 0 aliphatic rings. The summed E-state index contributed by atoms with van der Waals surface area (Å²) in [5.74, 6) is -3.13. The van der Waals surface area contributed by atoms with Crippen LogP contribution in [0.3, 0.4) is 0 Å². The van der Waals surface area contributed by atoms with Gasteiger partial charge in [-0.1, -0.05) is 12.1 Å². The lowest BCUT2D eigenvalue weighted by Gasteiger charge is -2.25. The standard InChI is InChI=1S/C24H24F3N3O2S/c1-24(2,3)33(32)30-21(11-14-9-16(25)13-17(26)10-14)22-18(5-4-8-29-22)15-6-7-20(27)19(12-15)23(28)31/h4-10,12-13,21,30H,11H2,1-3H3,(H2,28,31)/t21-,33+/m0/s1. The fourth-order valence-electron chi connectivity index (χ4n) is 3.29. The molecule has 0 unspecified atom stereocenters. The largest absolute Gasteiger partial charge is 0.366 e. The van der Waals surface area contributed by atoms with Crippen LogP contribution in [-0.2, 0) is 17.4 Å². The predicted molar refractivity (Wildman–Crippen MR) is 122 cm³/mol. The van der Waals surface area contributed by atoms with Gasteiger partial charge >= 0.3 is 0 Å². The molecule has 0 aliphatic heterocycles. The zero-order chi connectivity index (χ0) is 24.3. The van der Waals surface area contributed by atoms with Gasteiger partial charge in [-0.2, -0.15) is 0 Å². The Labute approximate surface area is 192 Å². The fraction of sp³-hybridized carbons (Fsp3) is 0.250. The smallest absolute Gasteiger partial charge is 0.251 e. The molecule has 3 N–H and O–H groups in total. The van der Waals surface area contributed by atoms with E-state index in [0.717, 1.165) is 12.1 Å². The number of benzene rings is 2. The van der Waals surface area contributed by atoms with E-state index >= 15 is 0 Å². The SMILES string of the molecule is CC(C)(C)[S@@](=O)N[C@@H](Cc1cc(F)cc(F)c1)c1ncccc1-c1ccc(F)c(C(N)=O)c1. The zero-order valence-corrected chi connectivity index (χ0v) is 19.2. The third-order valence-electron chi connectivity index (χ3n) is 4.88. The molecule has 3 aromatic rings. The number of hydrogen-bond acceptors (Lipinski definition) is 3. The highest BCUT2D eigenvalue weighted by atomic mass is 32.2. The van der Waals surface area contributed by atoms with Crippen molar-refractivity contribution in [3.63, 3.8) is 0 Å². The number of pyridine rings is 1. The van der Waals surface area contributed by atoms with Gasteiger partial charge in [0.05, 0.1) is 33.0 Å². The van der Waals surface area contributed by atoms with Crippen molar-refractivity contribution in [3.05, 3.63) is 89.0 Å². The molecule has 5 nitrogen and oxygen atoms in total. The van der Waals surface area contributed by atoms with Crippen LogP contribution in [0.4, 0.5) is 13.2 Å². The highest BCUT2D eigenvalue weighted by Gasteiger charge is 2.27. The molecular formula is C24H24F3N3O2S. The van der Waals surface area contributed by atoms with Gasteiger partial charge in [0.25, 0.3) is 5.91 Å². The van der Waals surface area contributed by atoms with Crippen LogP contribution < -0.4 is 10.5 Å². The molecule has 2 aromatic carbocycles. The molecule has 1 amide bonds. The van der Waals surface area contributed by atoms with Crippen molar-refractivity contribution in [1.82, 2.24) is 9.71 Å². The van der Waals surface area contributed by atoms with Gasteiger partial charge in [-0.3, -0.25) is 9.78 Å². The van der Waals surface area contributed by atoms with Crippen molar-refractivity contribution in [2.45, 2.75) is 38.0 Å². The van der Waals surface area contributed by atoms with Crippen molar-refractivity contribution in [3.8, 4) is 11.1 Å². The average molecular weight is 476 g/mol. The van der Waals surface area contributed by atoms with E-state index in [4.69, 9.17) is 5.73 Å². The van der Waals surface area contributed by atoms with Crippen LogP contribution in [0.25, 0.3) is 11.1 Å². The van der Waals surface area contributed by atoms with E-state index in [0.29, 0.717) is 22.4 Å². The van der Waals surface area contributed by atoms with E-state index in [-0.39, 0.29) is 12.0 Å². The average Bonchev–Trinajstić information content (AvgIpc) is 2.72. The maximum atomic E-state index is 14.0. The minimum absolute atomic E-state index is 0.0738. The maximum absolute atomic E-state index is 14.0. The van der Waals surface area contributed by atoms with Crippen molar-refractivity contribution in [2.24, 2.45) is 5.73 Å². The Morgan fingerprint density at radius 3 is 2.36 bits per heavy atom. The number of nitrogens with two attached hydrogens (primary N) is 1. The number of carbonyl (C=O) groups is 1. The van der Waals surface area contributed by atoms with Gasteiger partial charge in [0.15, 0.2) is 0 Å². The van der Waals surface area contributed by atoms with E-state index < -0.39 is 45.1 Å². The van der Waals surface area contributed by atoms with E-state index in [1.807, 2.05) is 0 Å². The number of nitrogens with one attached hydrogen (secondary N) is 1. The molecule has 174 valence electrons. The number of primary amides is 1. The summed E-state index contributed by atoms with van der Waals surface area (Å²) in [6, 6.07) is 9.74. The van der Waals surface area contributed by atoms with Crippen LogP contribution in [0, 0.1) is 17.5 Å². The van der Waals surface area contributed by atoms with Crippen LogP contribution in [0.15, 0.2) is 54.7 Å². The second-order valence-corrected chi connectivity index (χ2v) is 10.5. The van der Waals surface area contributed by atoms with E-state index in [2.05, 4.69) is 9.71 Å². The van der Waals surface area contributed by atoms with Crippen LogP contribution in [0.1, 0.15) is 48.4 Å². The molecule has 9 heteroatoms. The first kappa shape index (κ1) is 24.6. The lowest BCUT2D eigenvalue weighted by molar-refractivity contribution is 0.0996. The third kappa shape index (κ3) is 6.06. The van der Waals surface area contributed by atoms with Gasteiger partial charge in [0.1, 0.15) is 17.5 Å².